The number of amides is 2. The summed E-state index contributed by atoms with van der Waals surface area (Å²) in [4.78, 5) is 27.0. The predicted octanol–water partition coefficient (Wildman–Crippen LogP) is 3.32. The van der Waals surface area contributed by atoms with Gasteiger partial charge in [-0.3, -0.25) is 4.90 Å². The first-order valence-electron chi connectivity index (χ1n) is 9.13. The number of carbonyl (C=O) groups excluding carboxylic acids is 2. The average Bonchev–Trinajstić information content (AvgIpc) is 2.77. The summed E-state index contributed by atoms with van der Waals surface area (Å²) < 4.78 is 15.4. The number of urea groups is 1. The minimum atomic E-state index is -0.690. The number of hydrogen-bond acceptors (Lipinski definition) is 6. The molecule has 8 nitrogen and oxygen atoms in total. The van der Waals surface area contributed by atoms with Crippen LogP contribution in [0.4, 0.5) is 10.5 Å². The van der Waals surface area contributed by atoms with Crippen molar-refractivity contribution in [2.45, 2.75) is 13.0 Å². The highest BCUT2D eigenvalue weighted by molar-refractivity contribution is 6.03. The second-order valence-corrected chi connectivity index (χ2v) is 6.42. The summed E-state index contributed by atoms with van der Waals surface area (Å²) in [5, 5.41) is 11.5. The Morgan fingerprint density at radius 3 is 2.30 bits per heavy atom. The Morgan fingerprint density at radius 2 is 1.73 bits per heavy atom. The predicted molar refractivity (Wildman–Crippen MR) is 109 cm³/mol. The SMILES string of the molecule is COC(=O)C1=C(C)N(c2ccc(OC)cc2)C(=O)N[C@H]1c1ccc(OCC#N)cc1. The van der Waals surface area contributed by atoms with Gasteiger partial charge in [0.2, 0.25) is 0 Å². The number of carbonyl (C=O) groups is 2. The van der Waals surface area contributed by atoms with Crippen LogP contribution in [-0.4, -0.2) is 32.8 Å². The summed E-state index contributed by atoms with van der Waals surface area (Å²) in [7, 11) is 2.86. The molecule has 1 aliphatic rings. The molecule has 0 bridgehead atoms. The van der Waals surface area contributed by atoms with E-state index < -0.39 is 12.0 Å². The molecule has 1 N–H and O–H groups in total. The fourth-order valence-electron chi connectivity index (χ4n) is 3.28. The minimum Gasteiger partial charge on any atom is -0.497 e. The number of benzene rings is 2. The van der Waals surface area contributed by atoms with Gasteiger partial charge in [0.05, 0.1) is 31.5 Å². The maximum absolute atomic E-state index is 12.9. The molecular weight excluding hydrogens is 386 g/mol. The van der Waals surface area contributed by atoms with Crippen LogP contribution >= 0.6 is 0 Å². The van der Waals surface area contributed by atoms with Crippen molar-refractivity contribution in [2.75, 3.05) is 25.7 Å². The first kappa shape index (κ1) is 20.7. The maximum atomic E-state index is 12.9. The highest BCUT2D eigenvalue weighted by Crippen LogP contribution is 2.35. The first-order valence-corrected chi connectivity index (χ1v) is 9.13. The van der Waals surface area contributed by atoms with Gasteiger partial charge in [0.1, 0.15) is 17.6 Å². The van der Waals surface area contributed by atoms with E-state index in [1.807, 2.05) is 6.07 Å². The Kier molecular flexibility index (Phi) is 6.23. The number of ether oxygens (including phenoxy) is 3. The Hall–Kier alpha value is -3.99. The zero-order chi connectivity index (χ0) is 21.7. The number of anilines is 1. The Morgan fingerprint density at radius 1 is 1.10 bits per heavy atom. The Labute approximate surface area is 174 Å². The summed E-state index contributed by atoms with van der Waals surface area (Å²) in [5.41, 5.74) is 2.05. The lowest BCUT2D eigenvalue weighted by Gasteiger charge is -2.35. The van der Waals surface area contributed by atoms with Crippen LogP contribution in [0.5, 0.6) is 11.5 Å². The molecule has 1 heterocycles. The number of methoxy groups -OCH3 is 2. The minimum absolute atomic E-state index is 0.0667. The van der Waals surface area contributed by atoms with Crippen molar-refractivity contribution in [1.82, 2.24) is 5.32 Å². The van der Waals surface area contributed by atoms with E-state index in [-0.39, 0.29) is 12.6 Å². The molecule has 2 amide bonds. The van der Waals surface area contributed by atoms with Gasteiger partial charge in [-0.15, -0.1) is 0 Å². The summed E-state index contributed by atoms with van der Waals surface area (Å²) in [6.45, 7) is 1.63. The number of hydrogen-bond donors (Lipinski definition) is 1. The number of nitriles is 1. The van der Waals surface area contributed by atoms with E-state index in [1.165, 1.54) is 12.0 Å². The monoisotopic (exact) mass is 407 g/mol. The van der Waals surface area contributed by atoms with E-state index in [0.29, 0.717) is 34.0 Å². The number of rotatable bonds is 6. The molecular formula is C22H21N3O5. The van der Waals surface area contributed by atoms with Crippen LogP contribution in [0.2, 0.25) is 0 Å². The molecule has 0 spiro atoms. The van der Waals surface area contributed by atoms with Crippen molar-refractivity contribution in [1.29, 1.82) is 5.26 Å². The van der Waals surface area contributed by atoms with E-state index >= 15 is 0 Å². The molecule has 0 aromatic heterocycles. The largest absolute Gasteiger partial charge is 0.497 e. The number of allylic oxidation sites excluding steroid dienone is 1. The lowest BCUT2D eigenvalue weighted by Crippen LogP contribution is -2.48. The third kappa shape index (κ3) is 4.05. The highest BCUT2D eigenvalue weighted by Gasteiger charge is 2.37. The molecule has 8 heteroatoms. The van der Waals surface area contributed by atoms with Gasteiger partial charge in [-0.25, -0.2) is 9.59 Å². The number of nitrogens with zero attached hydrogens (tertiary/aromatic N) is 2. The molecule has 3 rings (SSSR count). The molecule has 1 atom stereocenters. The maximum Gasteiger partial charge on any atom is 0.337 e. The summed E-state index contributed by atoms with van der Waals surface area (Å²) in [5.74, 6) is 0.631. The smallest absolute Gasteiger partial charge is 0.337 e. The van der Waals surface area contributed by atoms with Crippen molar-refractivity contribution >= 4 is 17.7 Å². The van der Waals surface area contributed by atoms with Gasteiger partial charge in [0.15, 0.2) is 6.61 Å². The number of esters is 1. The summed E-state index contributed by atoms with van der Waals surface area (Å²) in [6.07, 6.45) is 0. The van der Waals surface area contributed by atoms with Crippen LogP contribution in [0.3, 0.4) is 0 Å². The molecule has 0 saturated heterocycles. The third-order valence-corrected chi connectivity index (χ3v) is 4.74. The fourth-order valence-corrected chi connectivity index (χ4v) is 3.28. The standard InChI is InChI=1S/C22H21N3O5/c1-14-19(21(26)29-3)20(15-4-8-18(9-5-15)30-13-12-23)24-22(27)25(14)16-6-10-17(28-2)11-7-16/h4-11,20H,13H2,1-3H3,(H,24,27)/t20-/m0/s1. The van der Waals surface area contributed by atoms with Gasteiger partial charge in [-0.05, 0) is 48.9 Å². The second-order valence-electron chi connectivity index (χ2n) is 6.42. The Bertz CT molecular complexity index is 1010. The van der Waals surface area contributed by atoms with Crippen LogP contribution in [0.1, 0.15) is 18.5 Å². The van der Waals surface area contributed by atoms with Crippen LogP contribution in [0, 0.1) is 11.3 Å². The van der Waals surface area contributed by atoms with Crippen LogP contribution < -0.4 is 19.7 Å². The van der Waals surface area contributed by atoms with Gasteiger partial charge in [0, 0.05) is 5.70 Å². The molecule has 0 radical (unpaired) electrons. The van der Waals surface area contributed by atoms with E-state index in [0.717, 1.165) is 0 Å². The first-order chi connectivity index (χ1) is 14.5. The van der Waals surface area contributed by atoms with E-state index in [1.54, 1.807) is 62.6 Å². The van der Waals surface area contributed by atoms with E-state index in [4.69, 9.17) is 19.5 Å². The molecule has 2 aromatic carbocycles. The topological polar surface area (TPSA) is 101 Å². The van der Waals surface area contributed by atoms with Gasteiger partial charge in [-0.2, -0.15) is 5.26 Å². The third-order valence-electron chi connectivity index (χ3n) is 4.74. The quantitative estimate of drug-likeness (QED) is 0.738. The summed E-state index contributed by atoms with van der Waals surface area (Å²) in [6, 6.07) is 14.6. The van der Waals surface area contributed by atoms with Crippen LogP contribution in [-0.2, 0) is 9.53 Å². The van der Waals surface area contributed by atoms with E-state index in [2.05, 4.69) is 5.32 Å². The van der Waals surface area contributed by atoms with Crippen molar-refractivity contribution in [3.63, 3.8) is 0 Å². The number of nitrogens with one attached hydrogen (secondary N) is 1. The van der Waals surface area contributed by atoms with Gasteiger partial charge in [-0.1, -0.05) is 12.1 Å². The van der Waals surface area contributed by atoms with Crippen molar-refractivity contribution < 1.29 is 23.8 Å². The fraction of sp³-hybridized carbons (Fsp3) is 0.227. The van der Waals surface area contributed by atoms with Gasteiger partial charge >= 0.3 is 12.0 Å². The lowest BCUT2D eigenvalue weighted by atomic mass is 9.94. The molecule has 0 saturated carbocycles. The molecule has 154 valence electrons. The molecule has 0 unspecified atom stereocenters. The lowest BCUT2D eigenvalue weighted by molar-refractivity contribution is -0.136. The van der Waals surface area contributed by atoms with E-state index in [9.17, 15) is 9.59 Å². The summed E-state index contributed by atoms with van der Waals surface area (Å²) >= 11 is 0. The molecule has 0 aliphatic carbocycles. The normalized spacial score (nSPS) is 15.9. The highest BCUT2D eigenvalue weighted by atomic mass is 16.5. The second kappa shape index (κ2) is 9.01. The molecule has 1 aliphatic heterocycles. The van der Waals surface area contributed by atoms with Crippen LogP contribution in [0.25, 0.3) is 0 Å². The Balaban J connectivity index is 2.01. The van der Waals surface area contributed by atoms with Crippen molar-refractivity contribution in [3.05, 3.63) is 65.4 Å². The van der Waals surface area contributed by atoms with Gasteiger partial charge in [0.25, 0.3) is 0 Å². The van der Waals surface area contributed by atoms with Crippen molar-refractivity contribution in [2.24, 2.45) is 0 Å². The van der Waals surface area contributed by atoms with Crippen LogP contribution in [0.15, 0.2) is 59.8 Å². The zero-order valence-corrected chi connectivity index (χ0v) is 16.8. The molecule has 30 heavy (non-hydrogen) atoms. The molecule has 0 fully saturated rings. The van der Waals surface area contributed by atoms with Crippen molar-refractivity contribution in [3.8, 4) is 17.6 Å². The average molecular weight is 407 g/mol. The molecule has 2 aromatic rings. The van der Waals surface area contributed by atoms with Gasteiger partial charge < -0.3 is 19.5 Å². The zero-order valence-electron chi connectivity index (χ0n) is 16.8.